The Morgan fingerprint density at radius 3 is 2.88 bits per heavy atom. The van der Waals surface area contributed by atoms with E-state index in [2.05, 4.69) is 4.98 Å². The Hall–Kier alpha value is -1.05. The summed E-state index contributed by atoms with van der Waals surface area (Å²) < 4.78 is 1.40. The lowest BCUT2D eigenvalue weighted by Crippen LogP contribution is -2.32. The van der Waals surface area contributed by atoms with Gasteiger partial charge in [-0.15, -0.1) is 11.8 Å². The van der Waals surface area contributed by atoms with E-state index in [4.69, 9.17) is 5.11 Å². The maximum atomic E-state index is 11.6. The number of aliphatic hydroxyl groups excluding tert-OH is 2. The van der Waals surface area contributed by atoms with Gasteiger partial charge in [0.25, 0.3) is 5.56 Å². The van der Waals surface area contributed by atoms with Crippen LogP contribution >= 0.6 is 11.8 Å². The van der Waals surface area contributed by atoms with Crippen molar-refractivity contribution >= 4 is 11.8 Å². The van der Waals surface area contributed by atoms with Gasteiger partial charge in [-0.25, -0.2) is 4.79 Å². The molecule has 7 heteroatoms. The Morgan fingerprint density at radius 2 is 2.29 bits per heavy atom. The number of hydrogen-bond acceptors (Lipinski definition) is 5. The lowest BCUT2D eigenvalue weighted by molar-refractivity contribution is 0.137. The molecule has 0 aliphatic carbocycles. The molecule has 2 heterocycles. The van der Waals surface area contributed by atoms with E-state index in [1.165, 1.54) is 22.5 Å². The van der Waals surface area contributed by atoms with Crippen LogP contribution in [0.1, 0.15) is 17.4 Å². The molecular weight excluding hydrogens is 244 g/mol. The van der Waals surface area contributed by atoms with Gasteiger partial charge in [0.15, 0.2) is 0 Å². The molecule has 94 valence electrons. The van der Waals surface area contributed by atoms with E-state index in [1.807, 2.05) is 0 Å². The zero-order valence-corrected chi connectivity index (χ0v) is 10.1. The zero-order chi connectivity index (χ0) is 12.6. The Balaban J connectivity index is 2.34. The number of rotatable bonds is 2. The molecule has 1 fully saturated rings. The number of H-pyrrole nitrogens is 1. The summed E-state index contributed by atoms with van der Waals surface area (Å²) in [7, 11) is 0. The van der Waals surface area contributed by atoms with Gasteiger partial charge < -0.3 is 10.2 Å². The summed E-state index contributed by atoms with van der Waals surface area (Å²) in [5, 5.41) is 18.2. The van der Waals surface area contributed by atoms with Gasteiger partial charge >= 0.3 is 5.69 Å². The van der Waals surface area contributed by atoms with E-state index < -0.39 is 17.4 Å². The summed E-state index contributed by atoms with van der Waals surface area (Å²) in [6.07, 6.45) is 1.25. The fourth-order valence-corrected chi connectivity index (χ4v) is 3.23. The lowest BCUT2D eigenvalue weighted by atomic mass is 10.2. The minimum Gasteiger partial charge on any atom is -0.395 e. The molecule has 17 heavy (non-hydrogen) atoms. The quantitative estimate of drug-likeness (QED) is 0.645. The highest BCUT2D eigenvalue weighted by atomic mass is 32.2. The topological polar surface area (TPSA) is 95.3 Å². The van der Waals surface area contributed by atoms with Crippen molar-refractivity contribution in [2.24, 2.45) is 0 Å². The number of thioether (sulfide) groups is 1. The SMILES string of the molecule is Cc1cn([C@H]2CC(O)C(CO)S2)c(=O)[nH]c1=O. The largest absolute Gasteiger partial charge is 0.395 e. The van der Waals surface area contributed by atoms with Gasteiger partial charge in [0.1, 0.15) is 0 Å². The molecule has 2 unspecified atom stereocenters. The Bertz CT molecular complexity index is 524. The Kier molecular flexibility index (Phi) is 3.41. The number of nitrogens with one attached hydrogen (secondary N) is 1. The van der Waals surface area contributed by atoms with Gasteiger partial charge in [-0.3, -0.25) is 14.3 Å². The van der Waals surface area contributed by atoms with Crippen molar-refractivity contribution in [3.63, 3.8) is 0 Å². The molecule has 1 aliphatic rings. The Labute approximate surface area is 101 Å². The first-order valence-electron chi connectivity index (χ1n) is 5.29. The molecule has 0 bridgehead atoms. The van der Waals surface area contributed by atoms with Gasteiger partial charge in [-0.1, -0.05) is 0 Å². The molecule has 1 saturated heterocycles. The first-order valence-corrected chi connectivity index (χ1v) is 6.23. The molecule has 0 radical (unpaired) electrons. The average Bonchev–Trinajstić information content (AvgIpc) is 2.65. The molecule has 1 aromatic rings. The van der Waals surface area contributed by atoms with Gasteiger partial charge in [0.05, 0.1) is 23.3 Å². The van der Waals surface area contributed by atoms with Crippen LogP contribution in [0.25, 0.3) is 0 Å². The highest BCUT2D eigenvalue weighted by Crippen LogP contribution is 2.40. The minimum absolute atomic E-state index is 0.126. The maximum absolute atomic E-state index is 11.6. The van der Waals surface area contributed by atoms with Crippen LogP contribution in [-0.4, -0.2) is 37.7 Å². The van der Waals surface area contributed by atoms with E-state index in [0.717, 1.165) is 0 Å². The number of hydrogen-bond donors (Lipinski definition) is 3. The van der Waals surface area contributed by atoms with Crippen molar-refractivity contribution < 1.29 is 10.2 Å². The third kappa shape index (κ3) is 2.31. The highest BCUT2D eigenvalue weighted by molar-refractivity contribution is 8.00. The maximum Gasteiger partial charge on any atom is 0.329 e. The number of aryl methyl sites for hydroxylation is 1. The molecule has 0 amide bonds. The van der Waals surface area contributed by atoms with E-state index in [-0.39, 0.29) is 17.2 Å². The molecule has 0 aromatic carbocycles. The molecular formula is C10H14N2O4S. The van der Waals surface area contributed by atoms with Crippen LogP contribution in [0.15, 0.2) is 15.8 Å². The summed E-state index contributed by atoms with van der Waals surface area (Å²) in [5.74, 6) is 0. The second-order valence-corrected chi connectivity index (χ2v) is 5.52. The van der Waals surface area contributed by atoms with Gasteiger partial charge in [-0.05, 0) is 6.92 Å². The first kappa shape index (κ1) is 12.4. The Morgan fingerprint density at radius 1 is 1.59 bits per heavy atom. The summed E-state index contributed by atoms with van der Waals surface area (Å²) >= 11 is 1.34. The van der Waals surface area contributed by atoms with Crippen LogP contribution < -0.4 is 11.2 Å². The molecule has 0 spiro atoms. The van der Waals surface area contributed by atoms with Gasteiger partial charge in [-0.2, -0.15) is 0 Å². The fourth-order valence-electron chi connectivity index (χ4n) is 1.85. The molecule has 0 saturated carbocycles. The molecule has 3 atom stereocenters. The van der Waals surface area contributed by atoms with Crippen LogP contribution in [0.4, 0.5) is 0 Å². The van der Waals surface area contributed by atoms with Crippen molar-refractivity contribution in [3.05, 3.63) is 32.6 Å². The standard InChI is InChI=1S/C10H14N2O4S/c1-5-3-12(10(16)11-9(5)15)8-2-6(14)7(4-13)17-8/h3,6-8,13-14H,2,4H2,1H3,(H,11,15,16)/t6?,7?,8-/m1/s1. The van der Waals surface area contributed by atoms with E-state index in [1.54, 1.807) is 6.92 Å². The number of nitrogens with zero attached hydrogens (tertiary/aromatic N) is 1. The average molecular weight is 258 g/mol. The van der Waals surface area contributed by atoms with E-state index in [0.29, 0.717) is 12.0 Å². The minimum atomic E-state index is -0.630. The van der Waals surface area contributed by atoms with Crippen molar-refractivity contribution in [1.82, 2.24) is 9.55 Å². The van der Waals surface area contributed by atoms with Crippen LogP contribution in [-0.2, 0) is 0 Å². The summed E-state index contributed by atoms with van der Waals surface area (Å²) in [5.41, 5.74) is -0.426. The van der Waals surface area contributed by atoms with Crippen molar-refractivity contribution in [2.45, 2.75) is 30.1 Å². The van der Waals surface area contributed by atoms with Crippen molar-refractivity contribution in [1.29, 1.82) is 0 Å². The third-order valence-electron chi connectivity index (χ3n) is 2.84. The van der Waals surface area contributed by atoms with Crippen LogP contribution in [0, 0.1) is 6.92 Å². The molecule has 2 rings (SSSR count). The number of aromatic amines is 1. The number of aromatic nitrogens is 2. The smallest absolute Gasteiger partial charge is 0.329 e. The molecule has 1 aromatic heterocycles. The van der Waals surface area contributed by atoms with Gasteiger partial charge in [0, 0.05) is 18.2 Å². The third-order valence-corrected chi connectivity index (χ3v) is 4.39. The predicted molar refractivity (Wildman–Crippen MR) is 64.2 cm³/mol. The van der Waals surface area contributed by atoms with Crippen LogP contribution in [0.5, 0.6) is 0 Å². The fraction of sp³-hybridized carbons (Fsp3) is 0.600. The highest BCUT2D eigenvalue weighted by Gasteiger charge is 2.34. The normalized spacial score (nSPS) is 28.5. The molecule has 1 aliphatic heterocycles. The predicted octanol–water partition coefficient (Wildman–Crippen LogP) is -0.798. The lowest BCUT2D eigenvalue weighted by Gasteiger charge is -2.13. The second kappa shape index (κ2) is 4.67. The van der Waals surface area contributed by atoms with Crippen molar-refractivity contribution in [3.8, 4) is 0 Å². The zero-order valence-electron chi connectivity index (χ0n) is 9.29. The van der Waals surface area contributed by atoms with Crippen LogP contribution in [0.3, 0.4) is 0 Å². The molecule has 3 N–H and O–H groups in total. The van der Waals surface area contributed by atoms with Gasteiger partial charge in [0.2, 0.25) is 0 Å². The van der Waals surface area contributed by atoms with E-state index >= 15 is 0 Å². The monoisotopic (exact) mass is 258 g/mol. The van der Waals surface area contributed by atoms with Crippen LogP contribution in [0.2, 0.25) is 0 Å². The van der Waals surface area contributed by atoms with Crippen molar-refractivity contribution in [2.75, 3.05) is 6.61 Å². The molecule has 6 nitrogen and oxygen atoms in total. The first-order chi connectivity index (χ1) is 8.02. The number of aliphatic hydroxyl groups is 2. The summed E-state index contributed by atoms with van der Waals surface area (Å²) in [4.78, 5) is 25.1. The second-order valence-electron chi connectivity index (χ2n) is 4.09. The summed E-state index contributed by atoms with van der Waals surface area (Å²) in [6, 6.07) is 0. The van der Waals surface area contributed by atoms with E-state index in [9.17, 15) is 14.7 Å². The summed E-state index contributed by atoms with van der Waals surface area (Å²) in [6.45, 7) is 1.49.